The van der Waals surface area contributed by atoms with Gasteiger partial charge < -0.3 is 0 Å². The Bertz CT molecular complexity index is 210. The van der Waals surface area contributed by atoms with E-state index in [0.29, 0.717) is 0 Å². The molecule has 0 aromatic carbocycles. The second kappa shape index (κ2) is 16.2. The van der Waals surface area contributed by atoms with Crippen LogP contribution in [0.25, 0.3) is 0 Å². The molecule has 0 rings (SSSR count). The van der Waals surface area contributed by atoms with E-state index in [1.165, 1.54) is 64.2 Å². The van der Waals surface area contributed by atoms with E-state index in [4.69, 9.17) is 0 Å². The van der Waals surface area contributed by atoms with Gasteiger partial charge in [0.2, 0.25) is 0 Å². The highest BCUT2D eigenvalue weighted by atomic mass is 14.0. The van der Waals surface area contributed by atoms with Crippen molar-refractivity contribution in [3.63, 3.8) is 0 Å². The molecule has 0 aliphatic heterocycles. The lowest BCUT2D eigenvalue weighted by Gasteiger charge is -2.00. The molecule has 0 radical (unpaired) electrons. The second-order valence-corrected chi connectivity index (χ2v) is 4.96. The molecule has 0 aromatic heterocycles. The topological polar surface area (TPSA) is 0 Å². The molecule has 0 nitrogen and oxygen atoms in total. The zero-order valence-electron chi connectivity index (χ0n) is 12.4. The average molecular weight is 248 g/mol. The van der Waals surface area contributed by atoms with Gasteiger partial charge in [0.05, 0.1) is 0 Å². The van der Waals surface area contributed by atoms with Gasteiger partial charge in [-0.05, 0) is 32.1 Å². The summed E-state index contributed by atoms with van der Waals surface area (Å²) in [5.74, 6) is 0. The van der Waals surface area contributed by atoms with Crippen molar-refractivity contribution in [1.82, 2.24) is 0 Å². The van der Waals surface area contributed by atoms with Crippen LogP contribution in [0.5, 0.6) is 0 Å². The summed E-state index contributed by atoms with van der Waals surface area (Å²) in [7, 11) is 0. The van der Waals surface area contributed by atoms with Crippen molar-refractivity contribution in [2.75, 3.05) is 0 Å². The quantitative estimate of drug-likeness (QED) is 0.196. The van der Waals surface area contributed by atoms with Crippen molar-refractivity contribution in [1.29, 1.82) is 0 Å². The molecule has 0 heteroatoms. The van der Waals surface area contributed by atoms with Gasteiger partial charge in [0.15, 0.2) is 0 Å². The van der Waals surface area contributed by atoms with Crippen LogP contribution in [0.1, 0.15) is 77.6 Å². The van der Waals surface area contributed by atoms with E-state index in [0.717, 1.165) is 6.42 Å². The third kappa shape index (κ3) is 15.2. The first kappa shape index (κ1) is 17.2. The fourth-order valence-electron chi connectivity index (χ4n) is 2.00. The summed E-state index contributed by atoms with van der Waals surface area (Å²) in [5, 5.41) is 0. The lowest BCUT2D eigenvalue weighted by atomic mass is 10.1. The molecule has 0 heterocycles. The Morgan fingerprint density at radius 1 is 0.667 bits per heavy atom. The first-order chi connectivity index (χ1) is 8.91. The minimum atomic E-state index is 1.14. The van der Waals surface area contributed by atoms with E-state index < -0.39 is 0 Å². The third-order valence-electron chi connectivity index (χ3n) is 3.15. The summed E-state index contributed by atoms with van der Waals surface area (Å²) >= 11 is 0. The lowest BCUT2D eigenvalue weighted by Crippen LogP contribution is -1.80. The Morgan fingerprint density at radius 2 is 1.17 bits per heavy atom. The molecule has 0 atom stereocenters. The van der Waals surface area contributed by atoms with E-state index in [-0.39, 0.29) is 0 Å². The maximum atomic E-state index is 3.75. The lowest BCUT2D eigenvalue weighted by molar-refractivity contribution is 0.571. The van der Waals surface area contributed by atoms with Gasteiger partial charge in [-0.3, -0.25) is 0 Å². The molecule has 0 aliphatic carbocycles. The van der Waals surface area contributed by atoms with E-state index in [2.05, 4.69) is 37.8 Å². The number of hydrogen-bond acceptors (Lipinski definition) is 0. The Kier molecular flexibility index (Phi) is 15.5. The fourth-order valence-corrected chi connectivity index (χ4v) is 2.00. The Morgan fingerprint density at radius 3 is 1.72 bits per heavy atom. The molecule has 0 bridgehead atoms. The average Bonchev–Trinajstić information content (AvgIpc) is 2.39. The molecule has 18 heavy (non-hydrogen) atoms. The monoisotopic (exact) mass is 248 g/mol. The summed E-state index contributed by atoms with van der Waals surface area (Å²) < 4.78 is 0. The van der Waals surface area contributed by atoms with Crippen molar-refractivity contribution >= 4 is 0 Å². The summed E-state index contributed by atoms with van der Waals surface area (Å²) in [6.07, 6.45) is 25.6. The third-order valence-corrected chi connectivity index (χ3v) is 3.15. The molecule has 0 fully saturated rings. The number of allylic oxidation sites excluding steroid dienone is 5. The van der Waals surface area contributed by atoms with Gasteiger partial charge in [-0.25, -0.2) is 0 Å². The van der Waals surface area contributed by atoms with Crippen LogP contribution in [0.4, 0.5) is 0 Å². The summed E-state index contributed by atoms with van der Waals surface area (Å²) in [4.78, 5) is 0. The van der Waals surface area contributed by atoms with E-state index >= 15 is 0 Å². The molecule has 0 spiro atoms. The minimum Gasteiger partial charge on any atom is -0.103 e. The van der Waals surface area contributed by atoms with Crippen LogP contribution in [0, 0.1) is 0 Å². The van der Waals surface area contributed by atoms with E-state index in [1.807, 2.05) is 6.08 Å². The number of rotatable bonds is 13. The van der Waals surface area contributed by atoms with Gasteiger partial charge >= 0.3 is 0 Å². The zero-order chi connectivity index (χ0) is 13.3. The first-order valence-corrected chi connectivity index (χ1v) is 7.84. The van der Waals surface area contributed by atoms with Crippen LogP contribution >= 0.6 is 0 Å². The van der Waals surface area contributed by atoms with E-state index in [9.17, 15) is 0 Å². The van der Waals surface area contributed by atoms with Crippen molar-refractivity contribution in [3.05, 3.63) is 37.0 Å². The van der Waals surface area contributed by atoms with E-state index in [1.54, 1.807) is 0 Å². The normalized spacial score (nSPS) is 11.6. The highest BCUT2D eigenvalue weighted by Crippen LogP contribution is 2.10. The predicted octanol–water partition coefficient (Wildman–Crippen LogP) is 6.60. The Balaban J connectivity index is 3.05. The van der Waals surface area contributed by atoms with Gasteiger partial charge in [0.25, 0.3) is 0 Å². The minimum absolute atomic E-state index is 1.14. The molecule has 0 aromatic rings. The van der Waals surface area contributed by atoms with Crippen LogP contribution in [-0.4, -0.2) is 0 Å². The number of unbranched alkanes of at least 4 members (excludes halogenated alkanes) is 9. The SMILES string of the molecule is C=CCCCCCCCCCC/C=C/C=C/CC. The fraction of sp³-hybridized carbons (Fsp3) is 0.667. The van der Waals surface area contributed by atoms with Gasteiger partial charge in [-0.15, -0.1) is 6.58 Å². The van der Waals surface area contributed by atoms with Crippen LogP contribution < -0.4 is 0 Å². The molecular formula is C18H32. The van der Waals surface area contributed by atoms with Crippen LogP contribution in [0.3, 0.4) is 0 Å². The largest absolute Gasteiger partial charge is 0.103 e. The Labute approximate surface area is 115 Å². The molecule has 0 saturated carbocycles. The maximum Gasteiger partial charge on any atom is -0.0348 e. The molecular weight excluding hydrogens is 216 g/mol. The van der Waals surface area contributed by atoms with Crippen LogP contribution in [-0.2, 0) is 0 Å². The van der Waals surface area contributed by atoms with Crippen LogP contribution in [0.2, 0.25) is 0 Å². The van der Waals surface area contributed by atoms with Crippen molar-refractivity contribution in [2.24, 2.45) is 0 Å². The van der Waals surface area contributed by atoms with Crippen LogP contribution in [0.15, 0.2) is 37.0 Å². The summed E-state index contributed by atoms with van der Waals surface area (Å²) in [5.41, 5.74) is 0. The standard InChI is InChI=1S/C18H32/c1-3-5-7-9-11-13-15-17-18-16-14-12-10-8-6-4-2/h3,6,8,10,12H,1,4-5,7,9,11,13-18H2,2H3/b8-6+,12-10+. The van der Waals surface area contributed by atoms with Crippen molar-refractivity contribution in [3.8, 4) is 0 Å². The van der Waals surface area contributed by atoms with Gasteiger partial charge in [-0.2, -0.15) is 0 Å². The van der Waals surface area contributed by atoms with Gasteiger partial charge in [0.1, 0.15) is 0 Å². The molecule has 0 N–H and O–H groups in total. The van der Waals surface area contributed by atoms with Crippen molar-refractivity contribution in [2.45, 2.75) is 77.6 Å². The highest BCUT2D eigenvalue weighted by molar-refractivity contribution is 5.01. The molecule has 0 aliphatic rings. The Hall–Kier alpha value is -0.780. The predicted molar refractivity (Wildman–Crippen MR) is 84.9 cm³/mol. The second-order valence-electron chi connectivity index (χ2n) is 4.96. The zero-order valence-corrected chi connectivity index (χ0v) is 12.4. The molecule has 104 valence electrons. The summed E-state index contributed by atoms with van der Waals surface area (Å²) in [6.45, 7) is 5.92. The number of hydrogen-bond donors (Lipinski definition) is 0. The molecule has 0 unspecified atom stereocenters. The maximum absolute atomic E-state index is 3.75. The molecule has 0 saturated heterocycles. The smallest absolute Gasteiger partial charge is 0.0348 e. The van der Waals surface area contributed by atoms with Crippen molar-refractivity contribution < 1.29 is 0 Å². The van der Waals surface area contributed by atoms with Gasteiger partial charge in [-0.1, -0.05) is 75.8 Å². The highest BCUT2D eigenvalue weighted by Gasteiger charge is 1.91. The van der Waals surface area contributed by atoms with Gasteiger partial charge in [0, 0.05) is 0 Å². The summed E-state index contributed by atoms with van der Waals surface area (Å²) in [6, 6.07) is 0. The molecule has 0 amide bonds. The first-order valence-electron chi connectivity index (χ1n) is 7.84.